The van der Waals surface area contributed by atoms with Crippen molar-refractivity contribution in [1.29, 1.82) is 0 Å². The zero-order chi connectivity index (χ0) is 18.4. The monoisotopic (exact) mass is 521 g/mol. The van der Waals surface area contributed by atoms with Crippen LogP contribution in [0.1, 0.15) is 21.6 Å². The topological polar surface area (TPSA) is 53.0 Å². The number of hydrogen-bond donors (Lipinski definition) is 1. The van der Waals surface area contributed by atoms with Crippen LogP contribution >= 0.6 is 46.7 Å². The Morgan fingerprint density at radius 3 is 2.78 bits per heavy atom. The molecule has 1 N–H and O–H groups in total. The number of nitrogens with one attached hydrogen (secondary N) is 1. The number of thiazole rings is 1. The van der Waals surface area contributed by atoms with Gasteiger partial charge in [-0.15, -0.1) is 46.7 Å². The van der Waals surface area contributed by atoms with Gasteiger partial charge in [0.25, 0.3) is 0 Å². The van der Waals surface area contributed by atoms with Crippen LogP contribution in [0.5, 0.6) is 0 Å². The highest BCUT2D eigenvalue weighted by Crippen LogP contribution is 2.25. The number of aryl methyl sites for hydroxylation is 1. The molecule has 2 aromatic rings. The van der Waals surface area contributed by atoms with Gasteiger partial charge < -0.3 is 15.0 Å². The molecule has 0 aromatic carbocycles. The van der Waals surface area contributed by atoms with E-state index in [0.717, 1.165) is 56.1 Å². The van der Waals surface area contributed by atoms with Gasteiger partial charge in [-0.2, -0.15) is 0 Å². The summed E-state index contributed by atoms with van der Waals surface area (Å²) in [6, 6.07) is 4.68. The first-order valence-corrected chi connectivity index (χ1v) is 10.6. The molecule has 1 aliphatic rings. The smallest absolute Gasteiger partial charge is 0.193 e. The number of aliphatic imine (C=N–C) groups is 1. The number of nitrogens with zero attached hydrogens (tertiary/aromatic N) is 4. The van der Waals surface area contributed by atoms with Gasteiger partial charge in [0.1, 0.15) is 0 Å². The number of ether oxygens (including phenoxy) is 1. The van der Waals surface area contributed by atoms with Crippen molar-refractivity contribution in [2.45, 2.75) is 19.5 Å². The summed E-state index contributed by atoms with van der Waals surface area (Å²) in [5.41, 5.74) is 1.08. The summed E-state index contributed by atoms with van der Waals surface area (Å²) < 4.78 is 5.52. The molecule has 0 bridgehead atoms. The summed E-state index contributed by atoms with van der Waals surface area (Å²) in [6.07, 6.45) is 0. The fraction of sp³-hybridized carbons (Fsp3) is 0.556. The lowest BCUT2D eigenvalue weighted by molar-refractivity contribution is 0.0176. The van der Waals surface area contributed by atoms with E-state index in [9.17, 15) is 0 Å². The van der Waals surface area contributed by atoms with Crippen LogP contribution in [0.4, 0.5) is 0 Å². The van der Waals surface area contributed by atoms with Gasteiger partial charge in [-0.25, -0.2) is 4.98 Å². The van der Waals surface area contributed by atoms with E-state index in [1.54, 1.807) is 11.3 Å². The van der Waals surface area contributed by atoms with Crippen LogP contribution in [0.25, 0.3) is 0 Å². The largest absolute Gasteiger partial charge is 0.379 e. The molecule has 0 amide bonds. The number of hydrogen-bond acceptors (Lipinski definition) is 6. The van der Waals surface area contributed by atoms with E-state index in [0.29, 0.717) is 6.04 Å². The summed E-state index contributed by atoms with van der Waals surface area (Å²) in [5.74, 6) is 0.894. The highest BCUT2D eigenvalue weighted by molar-refractivity contribution is 14.0. The molecule has 0 aliphatic carbocycles. The van der Waals surface area contributed by atoms with Crippen molar-refractivity contribution in [2.75, 3.05) is 46.9 Å². The normalized spacial score (nSPS) is 16.6. The maximum atomic E-state index is 5.52. The number of rotatable bonds is 6. The summed E-state index contributed by atoms with van der Waals surface area (Å²) in [7, 11) is 3.89. The van der Waals surface area contributed by atoms with E-state index >= 15 is 0 Å². The van der Waals surface area contributed by atoms with E-state index in [2.05, 4.69) is 55.0 Å². The Hall–Kier alpha value is -0.750. The number of aromatic nitrogens is 1. The number of thiophene rings is 1. The Morgan fingerprint density at radius 2 is 2.19 bits per heavy atom. The summed E-state index contributed by atoms with van der Waals surface area (Å²) in [5, 5.41) is 8.92. The quantitative estimate of drug-likeness (QED) is 0.360. The average Bonchev–Trinajstić information content (AvgIpc) is 3.31. The van der Waals surface area contributed by atoms with Crippen molar-refractivity contribution in [2.24, 2.45) is 4.99 Å². The Morgan fingerprint density at radius 1 is 1.41 bits per heavy atom. The fourth-order valence-electron chi connectivity index (χ4n) is 3.15. The van der Waals surface area contributed by atoms with Crippen molar-refractivity contribution in [1.82, 2.24) is 20.1 Å². The Balaban J connectivity index is 0.00000261. The van der Waals surface area contributed by atoms with Crippen molar-refractivity contribution >= 4 is 52.6 Å². The summed E-state index contributed by atoms with van der Waals surface area (Å²) >= 11 is 3.50. The highest BCUT2D eigenvalue weighted by Gasteiger charge is 2.24. The molecule has 150 valence electrons. The average molecular weight is 521 g/mol. The minimum absolute atomic E-state index is 0. The molecule has 1 saturated heterocycles. The second kappa shape index (κ2) is 11.3. The van der Waals surface area contributed by atoms with Crippen molar-refractivity contribution in [3.8, 4) is 0 Å². The molecule has 1 aliphatic heterocycles. The predicted octanol–water partition coefficient (Wildman–Crippen LogP) is 3.21. The van der Waals surface area contributed by atoms with E-state index in [4.69, 9.17) is 4.74 Å². The van der Waals surface area contributed by atoms with Gasteiger partial charge in [0, 0.05) is 44.0 Å². The van der Waals surface area contributed by atoms with Gasteiger partial charge in [-0.05, 0) is 18.4 Å². The van der Waals surface area contributed by atoms with Crippen molar-refractivity contribution in [3.63, 3.8) is 0 Å². The Labute approximate surface area is 186 Å². The van der Waals surface area contributed by atoms with E-state index < -0.39 is 0 Å². The lowest BCUT2D eigenvalue weighted by Gasteiger charge is -2.35. The zero-order valence-electron chi connectivity index (χ0n) is 16.1. The van der Waals surface area contributed by atoms with Gasteiger partial charge in [0.2, 0.25) is 0 Å². The van der Waals surface area contributed by atoms with Crippen molar-refractivity contribution < 1.29 is 4.74 Å². The number of guanidine groups is 1. The number of halogens is 1. The molecule has 0 saturated carbocycles. The molecule has 1 unspecified atom stereocenters. The molecule has 1 atom stereocenters. The summed E-state index contributed by atoms with van der Waals surface area (Å²) in [6.45, 7) is 7.17. The molecule has 0 spiro atoms. The SMILES string of the molecule is CN=C(NCC(c1cccs1)N1CCOCC1)N(C)Cc1csc(C)n1.I. The molecule has 9 heteroatoms. The van der Waals surface area contributed by atoms with Gasteiger partial charge >= 0.3 is 0 Å². The molecule has 3 heterocycles. The molecule has 1 fully saturated rings. The molecular formula is C18H28IN5OS2. The minimum Gasteiger partial charge on any atom is -0.379 e. The maximum absolute atomic E-state index is 5.52. The van der Waals surface area contributed by atoms with E-state index in [1.807, 2.05) is 25.3 Å². The van der Waals surface area contributed by atoms with Crippen LogP contribution in [-0.4, -0.2) is 67.7 Å². The van der Waals surface area contributed by atoms with Crippen LogP contribution in [0, 0.1) is 6.92 Å². The van der Waals surface area contributed by atoms with Crippen molar-refractivity contribution in [3.05, 3.63) is 38.5 Å². The maximum Gasteiger partial charge on any atom is 0.193 e. The third-order valence-electron chi connectivity index (χ3n) is 4.45. The molecule has 6 nitrogen and oxygen atoms in total. The van der Waals surface area contributed by atoms with Gasteiger partial charge in [0.05, 0.1) is 36.5 Å². The second-order valence-electron chi connectivity index (χ2n) is 6.32. The van der Waals surface area contributed by atoms with Crippen LogP contribution in [0.2, 0.25) is 0 Å². The summed E-state index contributed by atoms with van der Waals surface area (Å²) in [4.78, 5) is 15.0. The fourth-order valence-corrected chi connectivity index (χ4v) is 4.62. The van der Waals surface area contributed by atoms with Gasteiger partial charge in [0.15, 0.2) is 5.96 Å². The van der Waals surface area contributed by atoms with E-state index in [1.165, 1.54) is 4.88 Å². The minimum atomic E-state index is 0. The first-order chi connectivity index (χ1) is 12.7. The van der Waals surface area contributed by atoms with Gasteiger partial charge in [-0.3, -0.25) is 9.89 Å². The van der Waals surface area contributed by atoms with Crippen LogP contribution in [-0.2, 0) is 11.3 Å². The molecular weight excluding hydrogens is 493 g/mol. The Kier molecular flexibility index (Phi) is 9.43. The third-order valence-corrected chi connectivity index (χ3v) is 6.25. The number of morpholine rings is 1. The van der Waals surface area contributed by atoms with Gasteiger partial charge in [-0.1, -0.05) is 6.07 Å². The molecule has 2 aromatic heterocycles. The van der Waals surface area contributed by atoms with Crippen LogP contribution < -0.4 is 5.32 Å². The molecule has 0 radical (unpaired) electrons. The zero-order valence-corrected chi connectivity index (χ0v) is 20.0. The first-order valence-electron chi connectivity index (χ1n) is 8.85. The third kappa shape index (κ3) is 6.38. The molecule has 27 heavy (non-hydrogen) atoms. The standard InChI is InChI=1S/C18H27N5OS2.HI/c1-14-21-15(13-26-14)12-22(3)18(19-2)20-11-16(17-5-4-10-25-17)23-6-8-24-9-7-23;/h4-5,10,13,16H,6-9,11-12H2,1-3H3,(H,19,20);1H. The predicted molar refractivity (Wildman–Crippen MR) is 125 cm³/mol. The second-order valence-corrected chi connectivity index (χ2v) is 8.36. The lowest BCUT2D eigenvalue weighted by Crippen LogP contribution is -2.46. The first kappa shape index (κ1) is 22.5. The molecule has 3 rings (SSSR count). The Bertz CT molecular complexity index is 700. The van der Waals surface area contributed by atoms with E-state index in [-0.39, 0.29) is 24.0 Å². The highest BCUT2D eigenvalue weighted by atomic mass is 127. The lowest BCUT2D eigenvalue weighted by atomic mass is 10.2. The van der Waals surface area contributed by atoms with Crippen LogP contribution in [0.3, 0.4) is 0 Å². The van der Waals surface area contributed by atoms with Crippen LogP contribution in [0.15, 0.2) is 27.9 Å².